The number of ether oxygens (including phenoxy) is 1. The van der Waals surface area contributed by atoms with E-state index in [1.165, 1.54) is 18.5 Å². The molecule has 4 aliphatic heterocycles. The van der Waals surface area contributed by atoms with Gasteiger partial charge in [-0.1, -0.05) is 5.16 Å². The molecule has 1 aromatic carbocycles. The molecular weight excluding hydrogens is 895 g/mol. The number of rotatable bonds is 12. The monoisotopic (exact) mass is 950 g/mol. The minimum absolute atomic E-state index is 0.00874. The van der Waals surface area contributed by atoms with Crippen molar-refractivity contribution < 1.29 is 37.2 Å². The third-order valence-electron chi connectivity index (χ3n) is 14.1. The number of carbonyl (C=O) groups is 4. The first kappa shape index (κ1) is 45.9. The molecule has 364 valence electrons. The summed E-state index contributed by atoms with van der Waals surface area (Å²) in [7, 11) is 0. The van der Waals surface area contributed by atoms with Crippen molar-refractivity contribution in [1.29, 1.82) is 0 Å². The molecule has 5 aliphatic rings. The van der Waals surface area contributed by atoms with Crippen LogP contribution in [-0.2, 0) is 19.1 Å². The quantitative estimate of drug-likeness (QED) is 0.142. The summed E-state index contributed by atoms with van der Waals surface area (Å²) in [4.78, 5) is 75.6. The fourth-order valence-corrected chi connectivity index (χ4v) is 10.1. The van der Waals surface area contributed by atoms with Gasteiger partial charge in [-0.15, -0.1) is 0 Å². The first-order chi connectivity index (χ1) is 33.4. The van der Waals surface area contributed by atoms with E-state index in [2.05, 4.69) is 30.7 Å². The Hall–Kier alpha value is -6.84. The van der Waals surface area contributed by atoms with E-state index in [-0.39, 0.29) is 60.5 Å². The van der Waals surface area contributed by atoms with Crippen LogP contribution in [0.3, 0.4) is 0 Å². The lowest BCUT2D eigenvalue weighted by molar-refractivity contribution is -0.136. The highest BCUT2D eigenvalue weighted by molar-refractivity contribution is 6.02. The van der Waals surface area contributed by atoms with E-state index in [1.807, 2.05) is 26.2 Å². The number of benzene rings is 1. The predicted octanol–water partition coefficient (Wildman–Crippen LogP) is 4.85. The predicted molar refractivity (Wildman–Crippen MR) is 248 cm³/mol. The third kappa shape index (κ3) is 9.62. The van der Waals surface area contributed by atoms with Crippen LogP contribution >= 0.6 is 0 Å². The Labute approximate surface area is 396 Å². The molecule has 4 aromatic heterocycles. The summed E-state index contributed by atoms with van der Waals surface area (Å²) in [6.45, 7) is 8.74. The second-order valence-electron chi connectivity index (χ2n) is 19.1. The first-order valence-electron chi connectivity index (χ1n) is 24.0. The van der Waals surface area contributed by atoms with Crippen LogP contribution in [0.5, 0.6) is 0 Å². The zero-order valence-corrected chi connectivity index (χ0v) is 38.7. The molecule has 0 spiro atoms. The molecule has 10 rings (SSSR count). The van der Waals surface area contributed by atoms with Gasteiger partial charge in [-0.3, -0.25) is 24.6 Å². The summed E-state index contributed by atoms with van der Waals surface area (Å²) in [5, 5.41) is 15.0. The molecule has 0 radical (unpaired) electrons. The molecule has 1 saturated carbocycles. The van der Waals surface area contributed by atoms with Crippen LogP contribution in [0, 0.1) is 17.6 Å². The number of piperidine rings is 3. The maximum absolute atomic E-state index is 15.2. The fourth-order valence-electron chi connectivity index (χ4n) is 10.1. The van der Waals surface area contributed by atoms with Gasteiger partial charge >= 0.3 is 6.09 Å². The molecule has 22 heteroatoms. The van der Waals surface area contributed by atoms with Crippen LogP contribution in [-0.4, -0.2) is 145 Å². The van der Waals surface area contributed by atoms with E-state index in [1.54, 1.807) is 19.4 Å². The van der Waals surface area contributed by atoms with Crippen molar-refractivity contribution in [2.75, 3.05) is 81.5 Å². The van der Waals surface area contributed by atoms with Gasteiger partial charge in [0.1, 0.15) is 35.3 Å². The average molecular weight is 951 g/mol. The van der Waals surface area contributed by atoms with Crippen LogP contribution in [0.15, 0.2) is 35.4 Å². The van der Waals surface area contributed by atoms with Crippen molar-refractivity contribution in [3.8, 4) is 22.8 Å². The highest BCUT2D eigenvalue weighted by Crippen LogP contribution is 2.48. The molecule has 4 amide bonds. The van der Waals surface area contributed by atoms with Gasteiger partial charge < -0.3 is 35.0 Å². The number of piperazine rings is 1. The van der Waals surface area contributed by atoms with Crippen molar-refractivity contribution in [2.24, 2.45) is 5.92 Å². The second-order valence-corrected chi connectivity index (χ2v) is 19.1. The summed E-state index contributed by atoms with van der Waals surface area (Å²) in [5.41, 5.74) is 9.69. The first-order valence-corrected chi connectivity index (χ1v) is 24.0. The Bertz CT molecular complexity index is 2720. The van der Waals surface area contributed by atoms with Gasteiger partial charge in [-0.05, 0) is 88.3 Å². The molecule has 0 bridgehead atoms. The van der Waals surface area contributed by atoms with Gasteiger partial charge in [0.25, 0.3) is 5.91 Å². The maximum atomic E-state index is 15.2. The number of carbonyl (C=O) groups excluding carboxylic acids is 4. The Balaban J connectivity index is 0.662. The third-order valence-corrected chi connectivity index (χ3v) is 14.1. The van der Waals surface area contributed by atoms with E-state index in [4.69, 9.17) is 30.1 Å². The summed E-state index contributed by atoms with van der Waals surface area (Å²) in [6, 6.07) is 1.64. The number of fused-ring (bicyclic) bond motifs is 1. The molecule has 4 N–H and O–H groups in total. The number of anilines is 3. The van der Waals surface area contributed by atoms with Crippen LogP contribution in [0.25, 0.3) is 33.8 Å². The molecule has 5 fully saturated rings. The Morgan fingerprint density at radius 2 is 1.57 bits per heavy atom. The summed E-state index contributed by atoms with van der Waals surface area (Å²) >= 11 is 0. The number of nitrogens with zero attached hydrogens (tertiary/aromatic N) is 11. The number of nitrogen functional groups attached to an aromatic ring is 1. The van der Waals surface area contributed by atoms with E-state index < -0.39 is 29.7 Å². The molecule has 20 nitrogen and oxygen atoms in total. The zero-order chi connectivity index (χ0) is 47.9. The average Bonchev–Trinajstić information content (AvgIpc) is 3.97. The van der Waals surface area contributed by atoms with Crippen LogP contribution in [0.2, 0.25) is 0 Å². The molecule has 8 heterocycles. The number of aromatic nitrogens is 7. The lowest BCUT2D eigenvalue weighted by Crippen LogP contribution is -2.50. The number of halogens is 2. The van der Waals surface area contributed by atoms with Crippen molar-refractivity contribution in [1.82, 2.24) is 54.9 Å². The normalized spacial score (nSPS) is 20.0. The van der Waals surface area contributed by atoms with E-state index >= 15 is 8.78 Å². The van der Waals surface area contributed by atoms with Crippen molar-refractivity contribution in [2.45, 2.75) is 89.1 Å². The molecular formula is C47H56F2N14O6. The van der Waals surface area contributed by atoms with Crippen LogP contribution in [0.1, 0.15) is 94.4 Å². The minimum atomic E-state index is -0.744. The fraction of sp³-hybridized carbons (Fsp3) is 0.532. The molecule has 1 aliphatic carbocycles. The van der Waals surface area contributed by atoms with Gasteiger partial charge in [-0.25, -0.2) is 38.2 Å². The van der Waals surface area contributed by atoms with Crippen LogP contribution < -0.4 is 21.3 Å². The van der Waals surface area contributed by atoms with Crippen molar-refractivity contribution in [3.63, 3.8) is 0 Å². The standard InChI is InChI=1S/C47H56F2N14O6/c1-26(2)63-45-38(43(50)53-25-54-45)39(57-63)40-37(42(69-58-40)29-3-4-29)44-51-21-30(22-52-44)28-9-13-62(14-10-28)47(67)68-24-36(65)60-11-7-27(8-12-60)23-59-15-17-61(18-16-59)41-32(48)19-31(20-33(41)49)55-34-5-6-35(64)56-46(34)66/h19-22,25-29,34,55H,3-18,23-24H2,1-2H3,(H2,50,53,54)(H,56,64,66). The van der Waals surface area contributed by atoms with Gasteiger partial charge in [-0.2, -0.15) is 5.10 Å². The molecule has 1 unspecified atom stereocenters. The van der Waals surface area contributed by atoms with Gasteiger partial charge in [0, 0.05) is 95.4 Å². The lowest BCUT2D eigenvalue weighted by atomic mass is 9.91. The van der Waals surface area contributed by atoms with Gasteiger partial charge in [0.2, 0.25) is 11.8 Å². The highest BCUT2D eigenvalue weighted by Gasteiger charge is 2.37. The number of imide groups is 1. The minimum Gasteiger partial charge on any atom is -0.439 e. The molecule has 5 aromatic rings. The summed E-state index contributed by atoms with van der Waals surface area (Å²) in [6.07, 6.45) is 9.92. The number of nitrogens with one attached hydrogen (secondary N) is 2. The Morgan fingerprint density at radius 3 is 2.23 bits per heavy atom. The largest absolute Gasteiger partial charge is 0.439 e. The topological polar surface area (TPSA) is 236 Å². The Kier molecular flexibility index (Phi) is 12.8. The Morgan fingerprint density at radius 1 is 0.870 bits per heavy atom. The van der Waals surface area contributed by atoms with Crippen molar-refractivity contribution >= 4 is 52.0 Å². The summed E-state index contributed by atoms with van der Waals surface area (Å²) < 4.78 is 43.8. The lowest BCUT2D eigenvalue weighted by Gasteiger charge is -2.39. The van der Waals surface area contributed by atoms with E-state index in [0.29, 0.717) is 111 Å². The molecule has 4 saturated heterocycles. The van der Waals surface area contributed by atoms with Crippen molar-refractivity contribution in [3.05, 3.63) is 53.8 Å². The number of hydrogen-bond acceptors (Lipinski definition) is 16. The smallest absolute Gasteiger partial charge is 0.410 e. The van der Waals surface area contributed by atoms with E-state index in [0.717, 1.165) is 43.6 Å². The zero-order valence-electron chi connectivity index (χ0n) is 38.7. The highest BCUT2D eigenvalue weighted by atomic mass is 19.1. The number of nitrogens with two attached hydrogens (primary N) is 1. The number of likely N-dealkylation sites (tertiary alicyclic amines) is 2. The SMILES string of the molecule is CC(C)n1nc(-c2noc(C3CC3)c2-c2ncc(C3CCN(C(=O)OCC(=O)N4CCC(CN5CCN(c6c(F)cc(NC7CCC(=O)NC7=O)cc6F)CC5)CC4)CC3)cn2)c2c(N)ncnc21. The van der Waals surface area contributed by atoms with Gasteiger partial charge in [0.05, 0.1) is 10.9 Å². The number of amides is 4. The maximum Gasteiger partial charge on any atom is 0.410 e. The van der Waals surface area contributed by atoms with E-state index in [9.17, 15) is 19.2 Å². The molecule has 69 heavy (non-hydrogen) atoms. The van der Waals surface area contributed by atoms with Gasteiger partial charge in [0.15, 0.2) is 35.5 Å². The summed E-state index contributed by atoms with van der Waals surface area (Å²) in [5.74, 6) is -0.327. The van der Waals surface area contributed by atoms with Crippen LogP contribution in [0.4, 0.5) is 30.8 Å². The molecule has 1 atom stereocenters. The number of hydrogen-bond donors (Lipinski definition) is 3. The second kappa shape index (κ2) is 19.3.